The third-order valence-electron chi connectivity index (χ3n) is 3.82. The maximum Gasteiger partial charge on any atom is 0.130 e. The fraction of sp³-hybridized carbons (Fsp3) is 0.286. The molecular formula is C14H16N6Si. The number of nitrogens with two attached hydrogens (primary N) is 1. The number of anilines is 2. The van der Waals surface area contributed by atoms with E-state index in [1.165, 1.54) is 10.4 Å². The van der Waals surface area contributed by atoms with E-state index in [1.54, 1.807) is 6.20 Å². The van der Waals surface area contributed by atoms with Crippen LogP contribution in [0.3, 0.4) is 0 Å². The van der Waals surface area contributed by atoms with Gasteiger partial charge in [0.25, 0.3) is 0 Å². The van der Waals surface area contributed by atoms with Crippen molar-refractivity contribution in [3.63, 3.8) is 0 Å². The summed E-state index contributed by atoms with van der Waals surface area (Å²) in [5.41, 5.74) is 9.11. The van der Waals surface area contributed by atoms with Gasteiger partial charge >= 0.3 is 0 Å². The molecule has 2 aliphatic rings. The molecule has 0 amide bonds. The standard InChI is InChI=1S/C14H16N6Si/c1-20-6-8(7-20)17-11-5-13(15)18-10-4-12(21-14(10)11)9-2-3-16-19-9/h2-5,8H,6-7H2,1H3,(H,16,19)(H3,15,17,18). The minimum absolute atomic E-state index is 0.502. The molecule has 2 radical (unpaired) electrons. The first kappa shape index (κ1) is 12.6. The Morgan fingerprint density at radius 3 is 3.05 bits per heavy atom. The van der Waals surface area contributed by atoms with Gasteiger partial charge in [0, 0.05) is 31.0 Å². The number of hydrogen-bond acceptors (Lipinski definition) is 5. The van der Waals surface area contributed by atoms with Gasteiger partial charge in [-0.05, 0) is 29.6 Å². The van der Waals surface area contributed by atoms with E-state index < -0.39 is 0 Å². The summed E-state index contributed by atoms with van der Waals surface area (Å²) in [5, 5.41) is 13.1. The number of likely N-dealkylation sites (N-methyl/N-ethyl adjacent to an activating group) is 1. The molecule has 21 heavy (non-hydrogen) atoms. The van der Waals surface area contributed by atoms with Crippen LogP contribution in [0.1, 0.15) is 11.4 Å². The van der Waals surface area contributed by atoms with Gasteiger partial charge in [0.1, 0.15) is 15.3 Å². The molecule has 106 valence electrons. The zero-order chi connectivity index (χ0) is 14.4. The molecular weight excluding hydrogens is 280 g/mol. The lowest BCUT2D eigenvalue weighted by atomic mass is 10.1. The predicted molar refractivity (Wildman–Crippen MR) is 85.4 cm³/mol. The average Bonchev–Trinajstić information content (AvgIpc) is 3.04. The molecule has 2 aliphatic heterocycles. The number of likely N-dealkylation sites (tertiary alicyclic amines) is 1. The number of fused-ring (bicyclic) bond motifs is 1. The van der Waals surface area contributed by atoms with Crippen LogP contribution in [-0.4, -0.2) is 55.8 Å². The number of nitrogen functional groups attached to an aromatic ring is 1. The summed E-state index contributed by atoms with van der Waals surface area (Å²) in [6, 6.07) is 4.44. The quantitative estimate of drug-likeness (QED) is 0.692. The average molecular weight is 296 g/mol. The number of H-pyrrole nitrogens is 1. The Bertz CT molecular complexity index is 703. The van der Waals surface area contributed by atoms with Crippen molar-refractivity contribution in [2.75, 3.05) is 31.2 Å². The lowest BCUT2D eigenvalue weighted by molar-refractivity contribution is 0.205. The Labute approximate surface area is 125 Å². The molecule has 4 rings (SSSR count). The number of hydrogen-bond donors (Lipinski definition) is 3. The van der Waals surface area contributed by atoms with Crippen molar-refractivity contribution in [3.05, 3.63) is 29.7 Å². The van der Waals surface area contributed by atoms with Gasteiger partial charge in [-0.1, -0.05) is 0 Å². The van der Waals surface area contributed by atoms with Crippen molar-refractivity contribution in [3.8, 4) is 0 Å². The molecule has 0 saturated carbocycles. The Morgan fingerprint density at radius 2 is 2.33 bits per heavy atom. The number of pyridine rings is 1. The van der Waals surface area contributed by atoms with E-state index in [9.17, 15) is 0 Å². The number of aromatic nitrogens is 3. The van der Waals surface area contributed by atoms with Crippen LogP contribution < -0.4 is 16.2 Å². The summed E-state index contributed by atoms with van der Waals surface area (Å²) in [4.78, 5) is 6.75. The lowest BCUT2D eigenvalue weighted by Crippen LogP contribution is -2.53. The molecule has 0 unspecified atom stereocenters. The van der Waals surface area contributed by atoms with Gasteiger partial charge in [0.05, 0.1) is 17.4 Å². The molecule has 0 aromatic carbocycles. The molecule has 4 N–H and O–H groups in total. The van der Waals surface area contributed by atoms with E-state index in [-0.39, 0.29) is 0 Å². The van der Waals surface area contributed by atoms with Crippen molar-refractivity contribution < 1.29 is 0 Å². The molecule has 0 spiro atoms. The Kier molecular flexibility index (Phi) is 2.83. The molecule has 0 aliphatic carbocycles. The van der Waals surface area contributed by atoms with Crippen LogP contribution >= 0.6 is 0 Å². The maximum atomic E-state index is 5.95. The topological polar surface area (TPSA) is 82.9 Å². The molecule has 1 saturated heterocycles. The summed E-state index contributed by atoms with van der Waals surface area (Å²) < 4.78 is 0. The van der Waals surface area contributed by atoms with Crippen LogP contribution in [0.25, 0.3) is 11.3 Å². The molecule has 0 atom stereocenters. The first-order valence-corrected chi connectivity index (χ1v) is 7.93. The highest BCUT2D eigenvalue weighted by atomic mass is 28.2. The third kappa shape index (κ3) is 2.24. The van der Waals surface area contributed by atoms with Gasteiger partial charge in [-0.15, -0.1) is 0 Å². The van der Waals surface area contributed by atoms with Gasteiger partial charge in [-0.25, -0.2) is 4.98 Å². The first-order valence-electron chi connectivity index (χ1n) is 6.93. The Morgan fingerprint density at radius 1 is 1.48 bits per heavy atom. The predicted octanol–water partition coefficient (Wildman–Crippen LogP) is -0.0460. The normalized spacial score (nSPS) is 18.2. The molecule has 0 bridgehead atoms. The van der Waals surface area contributed by atoms with Gasteiger partial charge in [-0.3, -0.25) is 5.10 Å². The van der Waals surface area contributed by atoms with Gasteiger partial charge < -0.3 is 16.0 Å². The lowest BCUT2D eigenvalue weighted by Gasteiger charge is -2.37. The van der Waals surface area contributed by atoms with Crippen LogP contribution in [0.2, 0.25) is 0 Å². The van der Waals surface area contributed by atoms with Gasteiger partial charge in [0.2, 0.25) is 0 Å². The summed E-state index contributed by atoms with van der Waals surface area (Å²) in [6.45, 7) is 2.14. The first-order chi connectivity index (χ1) is 10.2. The number of rotatable bonds is 3. The van der Waals surface area contributed by atoms with Crippen LogP contribution in [0.15, 0.2) is 18.3 Å². The molecule has 4 heterocycles. The summed E-state index contributed by atoms with van der Waals surface area (Å²) in [7, 11) is 2.70. The smallest absolute Gasteiger partial charge is 0.130 e. The second-order valence-electron chi connectivity index (χ2n) is 5.57. The van der Waals surface area contributed by atoms with E-state index in [4.69, 9.17) is 5.73 Å². The number of aromatic amines is 1. The van der Waals surface area contributed by atoms with Crippen LogP contribution in [0, 0.1) is 0 Å². The Hall–Kier alpha value is -2.12. The van der Waals surface area contributed by atoms with E-state index in [2.05, 4.69) is 38.5 Å². The van der Waals surface area contributed by atoms with Crippen LogP contribution in [-0.2, 0) is 0 Å². The second kappa shape index (κ2) is 4.71. The van der Waals surface area contributed by atoms with E-state index >= 15 is 0 Å². The van der Waals surface area contributed by atoms with E-state index in [0.717, 1.165) is 30.2 Å². The van der Waals surface area contributed by atoms with Crippen molar-refractivity contribution in [2.45, 2.75) is 6.04 Å². The van der Waals surface area contributed by atoms with Crippen LogP contribution in [0.5, 0.6) is 0 Å². The number of nitrogens with one attached hydrogen (secondary N) is 2. The highest BCUT2D eigenvalue weighted by Gasteiger charge is 2.26. The van der Waals surface area contributed by atoms with E-state index in [1.807, 2.05) is 12.1 Å². The highest BCUT2D eigenvalue weighted by molar-refractivity contribution is 6.78. The minimum atomic E-state index is 0.502. The fourth-order valence-electron chi connectivity index (χ4n) is 2.80. The fourth-order valence-corrected chi connectivity index (χ4v) is 4.09. The third-order valence-corrected chi connectivity index (χ3v) is 5.28. The minimum Gasteiger partial charge on any atom is -0.384 e. The van der Waals surface area contributed by atoms with Crippen molar-refractivity contribution in [1.29, 1.82) is 0 Å². The SMILES string of the molecule is CN1CC(Nc2cc(N)nc3c2[Si]C(c2ccn[nH]2)=C3)C1. The largest absolute Gasteiger partial charge is 0.384 e. The zero-order valence-electron chi connectivity index (χ0n) is 11.7. The van der Waals surface area contributed by atoms with Crippen molar-refractivity contribution in [2.24, 2.45) is 0 Å². The summed E-state index contributed by atoms with van der Waals surface area (Å²) in [6.07, 6.45) is 3.88. The molecule has 7 heteroatoms. The van der Waals surface area contributed by atoms with Gasteiger partial charge in [0.15, 0.2) is 0 Å². The second-order valence-corrected chi connectivity index (χ2v) is 6.86. The zero-order valence-corrected chi connectivity index (χ0v) is 12.7. The van der Waals surface area contributed by atoms with Crippen molar-refractivity contribution >= 4 is 37.5 Å². The monoisotopic (exact) mass is 296 g/mol. The highest BCUT2D eigenvalue weighted by Crippen LogP contribution is 2.24. The van der Waals surface area contributed by atoms with Crippen molar-refractivity contribution in [1.82, 2.24) is 20.1 Å². The van der Waals surface area contributed by atoms with E-state index in [0.29, 0.717) is 21.4 Å². The molecule has 1 fully saturated rings. The number of nitrogens with zero attached hydrogens (tertiary/aromatic N) is 3. The molecule has 6 nitrogen and oxygen atoms in total. The summed E-state index contributed by atoms with van der Waals surface area (Å²) in [5.74, 6) is 0.566. The van der Waals surface area contributed by atoms with Gasteiger partial charge in [-0.2, -0.15) is 5.10 Å². The maximum absolute atomic E-state index is 5.95. The Balaban J connectivity index is 1.63. The summed E-state index contributed by atoms with van der Waals surface area (Å²) >= 11 is 0. The van der Waals surface area contributed by atoms with Crippen LogP contribution in [0.4, 0.5) is 11.5 Å². The molecule has 2 aromatic heterocycles. The molecule has 2 aromatic rings.